The van der Waals surface area contributed by atoms with Gasteiger partial charge >= 0.3 is 11.9 Å². The molecule has 0 aliphatic carbocycles. The summed E-state index contributed by atoms with van der Waals surface area (Å²) in [6.07, 6.45) is 0. The Morgan fingerprint density at radius 2 is 1.42 bits per heavy atom. The van der Waals surface area contributed by atoms with Crippen LogP contribution in [0.1, 0.15) is 43.6 Å². The van der Waals surface area contributed by atoms with E-state index in [9.17, 15) is 19.2 Å². The van der Waals surface area contributed by atoms with Crippen molar-refractivity contribution in [3.05, 3.63) is 112 Å². The zero-order valence-electron chi connectivity index (χ0n) is 20.2. The topological polar surface area (TPSA) is 98.8 Å². The lowest BCUT2D eigenvalue weighted by Crippen LogP contribution is -2.22. The van der Waals surface area contributed by atoms with Gasteiger partial charge in [0.05, 0.1) is 17.7 Å². The predicted octanol–water partition coefficient (Wildman–Crippen LogP) is 6.27. The van der Waals surface area contributed by atoms with Gasteiger partial charge in [0, 0.05) is 21.0 Å². The second-order valence-electron chi connectivity index (χ2n) is 7.95. The zero-order valence-corrected chi connectivity index (χ0v) is 21.8. The van der Waals surface area contributed by atoms with Crippen LogP contribution >= 0.6 is 22.9 Å². The Labute approximate surface area is 228 Å². The van der Waals surface area contributed by atoms with Crippen LogP contribution in [0, 0.1) is 0 Å². The number of halogens is 1. The fourth-order valence-corrected chi connectivity index (χ4v) is 4.77. The van der Waals surface area contributed by atoms with E-state index in [1.807, 2.05) is 30.3 Å². The number of hydrogen-bond donors (Lipinski definition) is 1. The molecule has 0 saturated carbocycles. The highest BCUT2D eigenvalue weighted by molar-refractivity contribution is 7.20. The summed E-state index contributed by atoms with van der Waals surface area (Å²) >= 11 is 7.10. The molecule has 0 atom stereocenters. The molecule has 9 heteroatoms. The Morgan fingerprint density at radius 3 is 2.11 bits per heavy atom. The van der Waals surface area contributed by atoms with Gasteiger partial charge in [0.2, 0.25) is 0 Å². The summed E-state index contributed by atoms with van der Waals surface area (Å²) < 4.78 is 10.3. The minimum absolute atomic E-state index is 0.0231. The van der Waals surface area contributed by atoms with Crippen LogP contribution in [0.25, 0.3) is 10.4 Å². The van der Waals surface area contributed by atoms with Gasteiger partial charge < -0.3 is 14.8 Å². The highest BCUT2D eigenvalue weighted by Gasteiger charge is 2.22. The van der Waals surface area contributed by atoms with E-state index in [2.05, 4.69) is 5.32 Å². The highest BCUT2D eigenvalue weighted by atomic mass is 35.5. The molecule has 4 rings (SSSR count). The smallest absolute Gasteiger partial charge is 0.341 e. The molecule has 1 amide bonds. The molecule has 3 aromatic carbocycles. The van der Waals surface area contributed by atoms with Crippen molar-refractivity contribution < 1.29 is 28.7 Å². The summed E-state index contributed by atoms with van der Waals surface area (Å²) in [5, 5.41) is 3.40. The molecule has 0 saturated heterocycles. The van der Waals surface area contributed by atoms with Gasteiger partial charge in [-0.15, -0.1) is 11.3 Å². The molecule has 0 aliphatic heterocycles. The number of carbonyl (C=O) groups is 4. The number of carbonyl (C=O) groups excluding carboxylic acids is 4. The molecular weight excluding hydrogens is 526 g/mol. The first kappa shape index (κ1) is 26.8. The van der Waals surface area contributed by atoms with Crippen LogP contribution in [0.15, 0.2) is 84.9 Å². The van der Waals surface area contributed by atoms with Crippen LogP contribution in [0.5, 0.6) is 0 Å². The number of amides is 1. The average Bonchev–Trinajstić information content (AvgIpc) is 3.36. The van der Waals surface area contributed by atoms with Crippen LogP contribution in [0.3, 0.4) is 0 Å². The van der Waals surface area contributed by atoms with Crippen molar-refractivity contribution >= 4 is 51.6 Å². The second-order valence-corrected chi connectivity index (χ2v) is 9.43. The molecule has 7 nitrogen and oxygen atoms in total. The van der Waals surface area contributed by atoms with Gasteiger partial charge in [-0.3, -0.25) is 9.59 Å². The monoisotopic (exact) mass is 547 g/mol. The third kappa shape index (κ3) is 6.34. The lowest BCUT2D eigenvalue weighted by atomic mass is 9.98. The molecule has 0 bridgehead atoms. The molecule has 0 fully saturated rings. The third-order valence-corrected chi connectivity index (χ3v) is 6.72. The van der Waals surface area contributed by atoms with Gasteiger partial charge in [0.1, 0.15) is 5.00 Å². The Bertz CT molecular complexity index is 1480. The quantitative estimate of drug-likeness (QED) is 0.196. The van der Waals surface area contributed by atoms with Gasteiger partial charge in [-0.05, 0) is 48.9 Å². The van der Waals surface area contributed by atoms with Crippen LogP contribution in [0.4, 0.5) is 5.00 Å². The molecule has 0 unspecified atom stereocenters. The number of rotatable bonds is 9. The van der Waals surface area contributed by atoms with E-state index < -0.39 is 24.5 Å². The van der Waals surface area contributed by atoms with Gasteiger partial charge in [-0.25, -0.2) is 9.59 Å². The van der Waals surface area contributed by atoms with Crippen molar-refractivity contribution in [3.63, 3.8) is 0 Å². The van der Waals surface area contributed by atoms with E-state index in [1.54, 1.807) is 49.4 Å². The van der Waals surface area contributed by atoms with E-state index in [4.69, 9.17) is 21.1 Å². The summed E-state index contributed by atoms with van der Waals surface area (Å²) in [6, 6.07) is 23.5. The molecule has 0 spiro atoms. The van der Waals surface area contributed by atoms with Gasteiger partial charge in [-0.2, -0.15) is 0 Å². The van der Waals surface area contributed by atoms with Gasteiger partial charge in [-0.1, -0.05) is 60.1 Å². The lowest BCUT2D eigenvalue weighted by molar-refractivity contribution is -0.119. The summed E-state index contributed by atoms with van der Waals surface area (Å²) in [4.78, 5) is 51.7. The highest BCUT2D eigenvalue weighted by Crippen LogP contribution is 2.36. The number of benzene rings is 3. The molecule has 1 N–H and O–H groups in total. The van der Waals surface area contributed by atoms with Crippen molar-refractivity contribution in [2.24, 2.45) is 0 Å². The van der Waals surface area contributed by atoms with Crippen molar-refractivity contribution in [2.45, 2.75) is 6.92 Å². The fourth-order valence-electron chi connectivity index (χ4n) is 3.58. The molecule has 1 aromatic heterocycles. The summed E-state index contributed by atoms with van der Waals surface area (Å²) in [7, 11) is 0. The largest absolute Gasteiger partial charge is 0.462 e. The molecule has 38 heavy (non-hydrogen) atoms. The Balaban J connectivity index is 1.47. The number of thiophene rings is 1. The first-order valence-electron chi connectivity index (χ1n) is 11.6. The van der Waals surface area contributed by atoms with Gasteiger partial charge in [0.25, 0.3) is 5.91 Å². The SMILES string of the molecule is CCOC(=O)c1cc(-c2ccccc2)sc1NC(=O)COC(=O)c1ccccc1C(=O)c1ccc(Cl)cc1. The number of nitrogens with one attached hydrogen (secondary N) is 1. The Hall–Kier alpha value is -4.27. The molecule has 1 heterocycles. The lowest BCUT2D eigenvalue weighted by Gasteiger charge is -2.10. The molecule has 0 radical (unpaired) electrons. The van der Waals surface area contributed by atoms with E-state index in [0.29, 0.717) is 10.6 Å². The molecule has 192 valence electrons. The first-order chi connectivity index (χ1) is 18.4. The zero-order chi connectivity index (χ0) is 27.1. The van der Waals surface area contributed by atoms with E-state index in [1.165, 1.54) is 23.5 Å². The maximum Gasteiger partial charge on any atom is 0.341 e. The van der Waals surface area contributed by atoms with Crippen LogP contribution < -0.4 is 5.32 Å². The number of hydrogen-bond acceptors (Lipinski definition) is 7. The normalized spacial score (nSPS) is 10.5. The predicted molar refractivity (Wildman–Crippen MR) is 146 cm³/mol. The van der Waals surface area contributed by atoms with E-state index >= 15 is 0 Å². The minimum Gasteiger partial charge on any atom is -0.462 e. The average molecular weight is 548 g/mol. The molecular formula is C29H22ClNO6S. The van der Waals surface area contributed by atoms with Crippen molar-refractivity contribution in [2.75, 3.05) is 18.5 Å². The van der Waals surface area contributed by atoms with Crippen LogP contribution in [-0.2, 0) is 14.3 Å². The summed E-state index contributed by atoms with van der Waals surface area (Å²) in [5.74, 6) is -2.44. The summed E-state index contributed by atoms with van der Waals surface area (Å²) in [5.41, 5.74) is 1.59. The third-order valence-electron chi connectivity index (χ3n) is 5.37. The first-order valence-corrected chi connectivity index (χ1v) is 12.8. The maximum atomic E-state index is 13.0. The maximum absolute atomic E-state index is 13.0. The number of anilines is 1. The molecule has 4 aromatic rings. The van der Waals surface area contributed by atoms with Crippen molar-refractivity contribution in [3.8, 4) is 10.4 Å². The fraction of sp³-hybridized carbons (Fsp3) is 0.103. The standard InChI is InChI=1S/C29H22ClNO6S/c1-2-36-29(35)23-16-24(18-8-4-3-5-9-18)38-27(23)31-25(32)17-37-28(34)22-11-7-6-10-21(22)26(33)19-12-14-20(30)15-13-19/h3-16H,2,17H2,1H3,(H,31,32). The number of ketones is 1. The van der Waals surface area contributed by atoms with E-state index in [0.717, 1.165) is 10.4 Å². The van der Waals surface area contributed by atoms with E-state index in [-0.39, 0.29) is 34.1 Å². The van der Waals surface area contributed by atoms with Crippen LogP contribution in [-0.4, -0.2) is 36.8 Å². The number of ether oxygens (including phenoxy) is 2. The molecule has 0 aliphatic rings. The van der Waals surface area contributed by atoms with Crippen molar-refractivity contribution in [1.82, 2.24) is 0 Å². The Morgan fingerprint density at radius 1 is 0.789 bits per heavy atom. The number of esters is 2. The second kappa shape index (κ2) is 12.3. The van der Waals surface area contributed by atoms with Crippen molar-refractivity contribution in [1.29, 1.82) is 0 Å². The Kier molecular flexibility index (Phi) is 8.68. The minimum atomic E-state index is -0.833. The van der Waals surface area contributed by atoms with Gasteiger partial charge in [0.15, 0.2) is 12.4 Å². The summed E-state index contributed by atoms with van der Waals surface area (Å²) in [6.45, 7) is 1.24. The van der Waals surface area contributed by atoms with Crippen LogP contribution in [0.2, 0.25) is 5.02 Å².